The zero-order chi connectivity index (χ0) is 23.7. The molecule has 0 aliphatic heterocycles. The fraction of sp³-hybridized carbons (Fsp3) is 0.222. The average Bonchev–Trinajstić information content (AvgIpc) is 2.80. The first-order valence-corrected chi connectivity index (χ1v) is 8.99. The Hall–Kier alpha value is -3.98. The third kappa shape index (κ3) is 6.78. The van der Waals surface area contributed by atoms with Crippen LogP contribution >= 0.6 is 0 Å². The van der Waals surface area contributed by atoms with Gasteiger partial charge in [-0.3, -0.25) is 31.1 Å². The van der Waals surface area contributed by atoms with Crippen LogP contribution in [0.15, 0.2) is 58.7 Å². The van der Waals surface area contributed by atoms with Crippen molar-refractivity contribution in [2.24, 2.45) is 10.2 Å². The molecule has 14 nitrogen and oxygen atoms in total. The minimum atomic E-state index is -1.80. The normalized spacial score (nSPS) is 14.6. The van der Waals surface area contributed by atoms with Crippen LogP contribution in [-0.4, -0.2) is 67.1 Å². The van der Waals surface area contributed by atoms with Crippen LogP contribution in [0.4, 0.5) is 22.7 Å². The summed E-state index contributed by atoms with van der Waals surface area (Å²) in [5.74, 6) is 0. The van der Waals surface area contributed by atoms with Gasteiger partial charge in [-0.2, -0.15) is 10.2 Å². The molecule has 2 aromatic rings. The molecule has 0 saturated carbocycles. The Kier molecular flexibility index (Phi) is 8.67. The van der Waals surface area contributed by atoms with E-state index >= 15 is 0 Å². The molecule has 2 rings (SSSR count). The van der Waals surface area contributed by atoms with Crippen LogP contribution < -0.4 is 10.9 Å². The lowest BCUT2D eigenvalue weighted by Crippen LogP contribution is -2.44. The second kappa shape index (κ2) is 11.4. The topological polar surface area (TPSA) is 216 Å². The van der Waals surface area contributed by atoms with Crippen LogP contribution in [0.5, 0.6) is 0 Å². The highest BCUT2D eigenvalue weighted by molar-refractivity contribution is 6.33. The number of hydrazone groups is 2. The maximum Gasteiger partial charge on any atom is 0.269 e. The van der Waals surface area contributed by atoms with Crippen LogP contribution in [0, 0.1) is 20.2 Å². The summed E-state index contributed by atoms with van der Waals surface area (Å²) in [5.41, 5.74) is 5.24. The largest absolute Gasteiger partial charge is 0.394 e. The van der Waals surface area contributed by atoms with Crippen LogP contribution in [0.2, 0.25) is 0 Å². The molecule has 3 unspecified atom stereocenters. The number of nitro benzene ring substituents is 2. The Morgan fingerprint density at radius 1 is 0.906 bits per heavy atom. The van der Waals surface area contributed by atoms with Crippen LogP contribution in [0.3, 0.4) is 0 Å². The van der Waals surface area contributed by atoms with Crippen molar-refractivity contribution >= 4 is 34.7 Å². The van der Waals surface area contributed by atoms with Crippen molar-refractivity contribution in [2.75, 3.05) is 17.5 Å². The number of hydrogen-bond acceptors (Lipinski definition) is 12. The molecule has 2 aromatic carbocycles. The van der Waals surface area contributed by atoms with Gasteiger partial charge in [0, 0.05) is 24.3 Å². The van der Waals surface area contributed by atoms with E-state index in [-0.39, 0.29) is 17.1 Å². The van der Waals surface area contributed by atoms with Crippen molar-refractivity contribution in [1.82, 2.24) is 0 Å². The molecule has 32 heavy (non-hydrogen) atoms. The van der Waals surface area contributed by atoms with Crippen molar-refractivity contribution in [3.63, 3.8) is 0 Å². The van der Waals surface area contributed by atoms with Gasteiger partial charge in [0.05, 0.1) is 34.0 Å². The summed E-state index contributed by atoms with van der Waals surface area (Å²) in [6.45, 7) is -0.820. The lowest BCUT2D eigenvalue weighted by atomic mass is 10.0. The highest BCUT2D eigenvalue weighted by Crippen LogP contribution is 2.16. The third-order valence-corrected chi connectivity index (χ3v) is 4.07. The number of hydrogen-bond donors (Lipinski definition) is 6. The van der Waals surface area contributed by atoms with Gasteiger partial charge >= 0.3 is 0 Å². The van der Waals surface area contributed by atoms with E-state index in [1.165, 1.54) is 48.5 Å². The van der Waals surface area contributed by atoms with Gasteiger partial charge in [-0.1, -0.05) is 0 Å². The van der Waals surface area contributed by atoms with E-state index < -0.39 is 34.8 Å². The highest BCUT2D eigenvalue weighted by Gasteiger charge is 2.28. The zero-order valence-electron chi connectivity index (χ0n) is 16.3. The van der Waals surface area contributed by atoms with E-state index in [0.29, 0.717) is 11.4 Å². The van der Waals surface area contributed by atoms with Crippen molar-refractivity contribution in [2.45, 2.75) is 18.3 Å². The van der Waals surface area contributed by atoms with Crippen LogP contribution in [0.25, 0.3) is 0 Å². The SMILES string of the molecule is O=[N+]([O-])c1ccc(NN=C(/C=N/Nc2ccc([N+](=O)[O-])cc2)C(O)C(O)C(O)CO)cc1. The molecule has 0 aliphatic carbocycles. The average molecular weight is 448 g/mol. The van der Waals surface area contributed by atoms with Crippen LogP contribution in [0.1, 0.15) is 0 Å². The van der Waals surface area contributed by atoms with E-state index in [4.69, 9.17) is 5.11 Å². The Morgan fingerprint density at radius 3 is 1.81 bits per heavy atom. The second-order valence-electron chi connectivity index (χ2n) is 6.31. The fourth-order valence-corrected chi connectivity index (χ4v) is 2.28. The number of nitro groups is 2. The molecule has 170 valence electrons. The number of aliphatic hydroxyl groups is 4. The van der Waals surface area contributed by atoms with E-state index in [2.05, 4.69) is 21.1 Å². The molecule has 6 N–H and O–H groups in total. The lowest BCUT2D eigenvalue weighted by molar-refractivity contribution is -0.385. The molecule has 0 saturated heterocycles. The number of anilines is 2. The zero-order valence-corrected chi connectivity index (χ0v) is 16.3. The Morgan fingerprint density at radius 2 is 1.38 bits per heavy atom. The molecule has 0 aromatic heterocycles. The summed E-state index contributed by atoms with van der Waals surface area (Å²) in [6, 6.07) is 10.4. The first kappa shape index (κ1) is 24.3. The second-order valence-corrected chi connectivity index (χ2v) is 6.31. The van der Waals surface area contributed by atoms with Gasteiger partial charge in [-0.15, -0.1) is 0 Å². The number of aliphatic hydroxyl groups excluding tert-OH is 4. The van der Waals surface area contributed by atoms with Gasteiger partial charge in [-0.05, 0) is 24.3 Å². The standard InChI is InChI=1S/C18H20N6O8/c25-10-16(26)18(28)17(27)15(22-21-12-3-7-14(8-4-12)24(31)32)9-19-20-11-1-5-13(6-2-11)23(29)30/h1-9,16-18,20-21,25-28H,10H2/b19-9+,22-15?. The Balaban J connectivity index is 2.18. The minimum Gasteiger partial charge on any atom is -0.394 e. The smallest absolute Gasteiger partial charge is 0.269 e. The van der Waals surface area contributed by atoms with Crippen LogP contribution in [-0.2, 0) is 0 Å². The molecule has 0 aliphatic rings. The summed E-state index contributed by atoms with van der Waals surface area (Å²) in [5, 5.41) is 67.9. The number of nitrogens with one attached hydrogen (secondary N) is 2. The molecule has 14 heteroatoms. The summed E-state index contributed by atoms with van der Waals surface area (Å²) < 4.78 is 0. The molecule has 0 radical (unpaired) electrons. The molecule has 0 spiro atoms. The molecule has 0 bridgehead atoms. The van der Waals surface area contributed by atoms with Crippen molar-refractivity contribution < 1.29 is 30.3 Å². The Labute approximate surface area is 180 Å². The summed E-state index contributed by atoms with van der Waals surface area (Å²) in [6.07, 6.45) is -4.23. The predicted molar refractivity (Wildman–Crippen MR) is 114 cm³/mol. The molecular formula is C18H20N6O8. The van der Waals surface area contributed by atoms with Gasteiger partial charge in [0.25, 0.3) is 11.4 Å². The maximum absolute atomic E-state index is 10.7. The van der Waals surface area contributed by atoms with Crippen molar-refractivity contribution in [3.8, 4) is 0 Å². The number of nitrogens with zero attached hydrogens (tertiary/aromatic N) is 4. The summed E-state index contributed by atoms with van der Waals surface area (Å²) >= 11 is 0. The van der Waals surface area contributed by atoms with E-state index in [1.54, 1.807) is 0 Å². The maximum atomic E-state index is 10.7. The highest BCUT2D eigenvalue weighted by atomic mass is 16.6. The minimum absolute atomic E-state index is 0.120. The summed E-state index contributed by atoms with van der Waals surface area (Å²) in [4.78, 5) is 20.3. The third-order valence-electron chi connectivity index (χ3n) is 4.07. The van der Waals surface area contributed by atoms with Gasteiger partial charge < -0.3 is 20.4 Å². The Bertz CT molecular complexity index is 980. The lowest BCUT2D eigenvalue weighted by Gasteiger charge is -2.21. The van der Waals surface area contributed by atoms with Gasteiger partial charge in [0.15, 0.2) is 0 Å². The summed E-state index contributed by atoms with van der Waals surface area (Å²) in [7, 11) is 0. The van der Waals surface area contributed by atoms with E-state index in [1.807, 2.05) is 0 Å². The number of benzene rings is 2. The van der Waals surface area contributed by atoms with Crippen molar-refractivity contribution in [1.29, 1.82) is 0 Å². The first-order valence-electron chi connectivity index (χ1n) is 8.99. The molecule has 0 heterocycles. The van der Waals surface area contributed by atoms with Gasteiger partial charge in [0.1, 0.15) is 24.0 Å². The van der Waals surface area contributed by atoms with Gasteiger partial charge in [-0.25, -0.2) is 0 Å². The van der Waals surface area contributed by atoms with Crippen molar-refractivity contribution in [3.05, 3.63) is 68.8 Å². The van der Waals surface area contributed by atoms with E-state index in [9.17, 15) is 35.5 Å². The first-order chi connectivity index (χ1) is 15.2. The molecule has 3 atom stereocenters. The molecule has 0 amide bonds. The molecular weight excluding hydrogens is 428 g/mol. The number of rotatable bonds is 11. The van der Waals surface area contributed by atoms with Gasteiger partial charge in [0.2, 0.25) is 0 Å². The quantitative estimate of drug-likeness (QED) is 0.158. The predicted octanol–water partition coefficient (Wildman–Crippen LogP) is 0.444. The van der Waals surface area contributed by atoms with E-state index in [0.717, 1.165) is 6.21 Å². The number of non-ortho nitro benzene ring substituents is 2. The monoisotopic (exact) mass is 448 g/mol. The molecule has 0 fully saturated rings. The fourth-order valence-electron chi connectivity index (χ4n) is 2.28.